The van der Waals surface area contributed by atoms with Gasteiger partial charge in [-0.05, 0) is 24.3 Å². The van der Waals surface area contributed by atoms with Crippen molar-refractivity contribution < 1.29 is 32.4 Å². The van der Waals surface area contributed by atoms with E-state index in [4.69, 9.17) is 4.42 Å². The fourth-order valence-corrected chi connectivity index (χ4v) is 4.48. The molecule has 0 amide bonds. The average Bonchev–Trinajstić information content (AvgIpc) is 3.03. The van der Waals surface area contributed by atoms with Crippen LogP contribution in [0.3, 0.4) is 0 Å². The van der Waals surface area contributed by atoms with E-state index in [0.717, 1.165) is 10.8 Å². The van der Waals surface area contributed by atoms with Crippen LogP contribution in [0.2, 0.25) is 0 Å². The van der Waals surface area contributed by atoms with Gasteiger partial charge in [-0.1, -0.05) is 12.1 Å². The van der Waals surface area contributed by atoms with Gasteiger partial charge in [0, 0.05) is 5.39 Å². The van der Waals surface area contributed by atoms with Crippen LogP contribution in [0.4, 0.5) is 0 Å². The molecule has 0 aliphatic heterocycles. The zero-order valence-electron chi connectivity index (χ0n) is 13.6. The van der Waals surface area contributed by atoms with Gasteiger partial charge in [0.15, 0.2) is 16.2 Å². The number of hydrogen-bond donors (Lipinski definition) is 3. The smallest absolute Gasteiger partial charge is 0.346 e. The van der Waals surface area contributed by atoms with E-state index in [1.807, 2.05) is 0 Å². The van der Waals surface area contributed by atoms with Crippen LogP contribution >= 0.6 is 11.3 Å². The number of aromatic carboxylic acids is 1. The lowest BCUT2D eigenvalue weighted by Gasteiger charge is -2.09. The van der Waals surface area contributed by atoms with Gasteiger partial charge in [0.05, 0.1) is 15.8 Å². The van der Waals surface area contributed by atoms with Gasteiger partial charge < -0.3 is 14.6 Å². The lowest BCUT2D eigenvalue weighted by molar-refractivity contribution is 0.0693. The van der Waals surface area contributed by atoms with Gasteiger partial charge in [0.2, 0.25) is 0 Å². The highest BCUT2D eigenvalue weighted by Gasteiger charge is 2.28. The Bertz CT molecular complexity index is 1420. The van der Waals surface area contributed by atoms with Crippen LogP contribution in [-0.2, 0) is 10.1 Å². The molecule has 2 aromatic carbocycles. The Morgan fingerprint density at radius 3 is 2.54 bits per heavy atom. The standard InChI is InChI=1S/C17H9NO8S2/c19-12-8(16(20)21)5-7-6-9(15-18-10-3-1-2-4-11(10)27-15)17(22)26-13(7)14(12)28(23,24)25/h1-6,19H,(H,20,21)(H,23,24,25). The molecule has 3 N–H and O–H groups in total. The Kier molecular flexibility index (Phi) is 3.96. The molecule has 0 saturated carbocycles. The molecule has 28 heavy (non-hydrogen) atoms. The van der Waals surface area contributed by atoms with E-state index in [2.05, 4.69) is 4.98 Å². The Hall–Kier alpha value is -3.28. The van der Waals surface area contributed by atoms with E-state index in [1.165, 1.54) is 17.4 Å². The summed E-state index contributed by atoms with van der Waals surface area (Å²) in [7, 11) is -5.09. The second kappa shape index (κ2) is 6.12. The molecular weight excluding hydrogens is 410 g/mol. The fraction of sp³-hybridized carbons (Fsp3) is 0. The number of benzene rings is 2. The normalized spacial score (nSPS) is 11.9. The summed E-state index contributed by atoms with van der Waals surface area (Å²) < 4.78 is 38.5. The maximum absolute atomic E-state index is 12.4. The van der Waals surface area contributed by atoms with Crippen molar-refractivity contribution >= 4 is 48.6 Å². The number of hydrogen-bond acceptors (Lipinski definition) is 8. The minimum Gasteiger partial charge on any atom is -0.505 e. The zero-order valence-corrected chi connectivity index (χ0v) is 15.2. The van der Waals surface area contributed by atoms with Crippen molar-refractivity contribution in [3.8, 4) is 16.3 Å². The maximum Gasteiger partial charge on any atom is 0.346 e. The van der Waals surface area contributed by atoms with E-state index in [9.17, 15) is 32.8 Å². The van der Waals surface area contributed by atoms with Crippen molar-refractivity contribution in [2.75, 3.05) is 0 Å². The van der Waals surface area contributed by atoms with Gasteiger partial charge in [-0.3, -0.25) is 4.55 Å². The van der Waals surface area contributed by atoms with E-state index in [1.54, 1.807) is 24.3 Å². The summed E-state index contributed by atoms with van der Waals surface area (Å²) >= 11 is 1.19. The van der Waals surface area contributed by atoms with Gasteiger partial charge in [0.25, 0.3) is 0 Å². The molecule has 0 aliphatic carbocycles. The number of aromatic nitrogens is 1. The van der Waals surface area contributed by atoms with Crippen molar-refractivity contribution in [3.05, 3.63) is 52.4 Å². The van der Waals surface area contributed by atoms with E-state index in [-0.39, 0.29) is 16.0 Å². The second-order valence-corrected chi connectivity index (χ2v) is 8.12. The summed E-state index contributed by atoms with van der Waals surface area (Å²) in [6.07, 6.45) is 0. The lowest BCUT2D eigenvalue weighted by atomic mass is 10.1. The van der Waals surface area contributed by atoms with Gasteiger partial charge in [-0.25, -0.2) is 14.6 Å². The predicted octanol–water partition coefficient (Wildman–Crippen LogP) is 2.72. The molecule has 4 rings (SSSR count). The molecule has 0 saturated heterocycles. The molecule has 142 valence electrons. The summed E-state index contributed by atoms with van der Waals surface area (Å²) in [6, 6.07) is 9.27. The zero-order chi connectivity index (χ0) is 20.2. The average molecular weight is 419 g/mol. The first-order chi connectivity index (χ1) is 13.2. The molecule has 9 nitrogen and oxygen atoms in total. The molecular formula is C17H9NO8S2. The Balaban J connectivity index is 2.09. The highest BCUT2D eigenvalue weighted by molar-refractivity contribution is 7.86. The topological polar surface area (TPSA) is 155 Å². The number of phenols is 1. The summed E-state index contributed by atoms with van der Waals surface area (Å²) in [5.74, 6) is -2.85. The molecule has 0 aliphatic rings. The summed E-state index contributed by atoms with van der Waals surface area (Å²) in [4.78, 5) is 26.9. The Morgan fingerprint density at radius 2 is 1.89 bits per heavy atom. The van der Waals surface area contributed by atoms with Gasteiger partial charge in [-0.15, -0.1) is 11.3 Å². The van der Waals surface area contributed by atoms with Crippen LogP contribution in [0.25, 0.3) is 31.8 Å². The molecule has 2 heterocycles. The van der Waals surface area contributed by atoms with Crippen molar-refractivity contribution in [3.63, 3.8) is 0 Å². The Morgan fingerprint density at radius 1 is 1.18 bits per heavy atom. The number of fused-ring (bicyclic) bond motifs is 2. The molecule has 0 atom stereocenters. The Labute approximate surface area is 159 Å². The minimum atomic E-state index is -5.09. The summed E-state index contributed by atoms with van der Waals surface area (Å²) in [6.45, 7) is 0. The number of nitrogens with zero attached hydrogens (tertiary/aromatic N) is 1. The van der Waals surface area contributed by atoms with Crippen molar-refractivity contribution in [1.82, 2.24) is 4.98 Å². The van der Waals surface area contributed by atoms with Crippen LogP contribution in [-0.4, -0.2) is 34.1 Å². The van der Waals surface area contributed by atoms with Crippen LogP contribution < -0.4 is 5.63 Å². The number of carbonyl (C=O) groups is 1. The van der Waals surface area contributed by atoms with Gasteiger partial charge in [-0.2, -0.15) is 8.42 Å². The van der Waals surface area contributed by atoms with E-state index in [0.29, 0.717) is 5.52 Å². The molecule has 0 fully saturated rings. The number of rotatable bonds is 3. The number of aromatic hydroxyl groups is 1. The molecule has 0 unspecified atom stereocenters. The fourth-order valence-electron chi connectivity index (χ4n) is 2.76. The number of carboxylic acid groups (broad SMARTS) is 1. The SMILES string of the molecule is O=C(O)c1cc2cc(-c3nc4ccccc4s3)c(=O)oc2c(S(=O)(=O)O)c1O. The van der Waals surface area contributed by atoms with Gasteiger partial charge in [0.1, 0.15) is 10.6 Å². The third-order valence-corrected chi connectivity index (χ3v) is 5.93. The van der Waals surface area contributed by atoms with Crippen LogP contribution in [0.15, 0.2) is 50.5 Å². The molecule has 0 spiro atoms. The minimum absolute atomic E-state index is 0.0167. The first-order valence-corrected chi connectivity index (χ1v) is 9.83. The summed E-state index contributed by atoms with van der Waals surface area (Å²) in [5, 5.41) is 19.4. The highest BCUT2D eigenvalue weighted by Crippen LogP contribution is 2.36. The quantitative estimate of drug-likeness (QED) is 0.336. The van der Waals surface area contributed by atoms with Crippen molar-refractivity contribution in [2.45, 2.75) is 4.90 Å². The third kappa shape index (κ3) is 2.81. The first-order valence-electron chi connectivity index (χ1n) is 7.57. The van der Waals surface area contributed by atoms with Crippen molar-refractivity contribution in [1.29, 1.82) is 0 Å². The lowest BCUT2D eigenvalue weighted by Crippen LogP contribution is -2.09. The third-order valence-electron chi connectivity index (χ3n) is 3.97. The number of thiazole rings is 1. The largest absolute Gasteiger partial charge is 0.505 e. The first kappa shape index (κ1) is 18.1. The summed E-state index contributed by atoms with van der Waals surface area (Å²) in [5.41, 5.74) is -1.77. The van der Waals surface area contributed by atoms with Crippen LogP contribution in [0.1, 0.15) is 10.4 Å². The van der Waals surface area contributed by atoms with E-state index >= 15 is 0 Å². The molecule has 0 bridgehead atoms. The highest BCUT2D eigenvalue weighted by atomic mass is 32.2. The maximum atomic E-state index is 12.4. The van der Waals surface area contributed by atoms with Crippen LogP contribution in [0.5, 0.6) is 5.75 Å². The molecule has 0 radical (unpaired) electrons. The second-order valence-electron chi connectivity index (χ2n) is 5.73. The molecule has 11 heteroatoms. The van der Waals surface area contributed by atoms with Crippen LogP contribution in [0, 0.1) is 0 Å². The monoisotopic (exact) mass is 419 g/mol. The van der Waals surface area contributed by atoms with Gasteiger partial charge >= 0.3 is 21.7 Å². The predicted molar refractivity (Wildman–Crippen MR) is 99.5 cm³/mol. The number of para-hydroxylation sites is 1. The number of carboxylic acids is 1. The van der Waals surface area contributed by atoms with E-state index < -0.39 is 43.5 Å². The van der Waals surface area contributed by atoms with Crippen molar-refractivity contribution in [2.24, 2.45) is 0 Å². The molecule has 4 aromatic rings. The molecule has 2 aromatic heterocycles.